The lowest BCUT2D eigenvalue weighted by atomic mass is 9.99. The van der Waals surface area contributed by atoms with E-state index in [1.807, 2.05) is 49.1 Å². The summed E-state index contributed by atoms with van der Waals surface area (Å²) in [6.07, 6.45) is 0. The van der Waals surface area contributed by atoms with Gasteiger partial charge in [0.1, 0.15) is 0 Å². The van der Waals surface area contributed by atoms with Crippen LogP contribution in [0.15, 0.2) is 30.3 Å². The minimum atomic E-state index is -0.326. The summed E-state index contributed by atoms with van der Waals surface area (Å²) in [5, 5.41) is 0. The summed E-state index contributed by atoms with van der Waals surface area (Å²) >= 11 is 0. The molecule has 2 unspecified atom stereocenters. The third-order valence-electron chi connectivity index (χ3n) is 2.80. The molecular weight excluding hydrogens is 214 g/mol. The molecule has 4 N–H and O–H groups in total. The van der Waals surface area contributed by atoms with Crippen LogP contribution in [0.5, 0.6) is 0 Å². The number of primary amides is 1. The van der Waals surface area contributed by atoms with Crippen molar-refractivity contribution in [3.63, 3.8) is 0 Å². The maximum atomic E-state index is 11.1. The molecule has 0 radical (unpaired) electrons. The van der Waals surface area contributed by atoms with Gasteiger partial charge >= 0.3 is 0 Å². The molecule has 0 aliphatic heterocycles. The zero-order valence-electron chi connectivity index (χ0n) is 10.5. The van der Waals surface area contributed by atoms with Gasteiger partial charge in [-0.2, -0.15) is 0 Å². The van der Waals surface area contributed by atoms with Crippen LogP contribution in [0.4, 0.5) is 0 Å². The van der Waals surface area contributed by atoms with Gasteiger partial charge in [0, 0.05) is 6.04 Å². The van der Waals surface area contributed by atoms with Gasteiger partial charge < -0.3 is 11.5 Å². The molecule has 94 valence electrons. The van der Waals surface area contributed by atoms with E-state index < -0.39 is 0 Å². The Bertz CT molecular complexity index is 351. The molecule has 0 saturated carbocycles. The molecule has 1 aromatic carbocycles. The van der Waals surface area contributed by atoms with E-state index in [-0.39, 0.29) is 24.5 Å². The highest BCUT2D eigenvalue weighted by atomic mass is 16.1. The molecule has 4 heteroatoms. The first-order valence-electron chi connectivity index (χ1n) is 5.89. The normalized spacial score (nSPS) is 14.6. The van der Waals surface area contributed by atoms with Crippen LogP contribution in [0.3, 0.4) is 0 Å². The third kappa shape index (κ3) is 3.84. The number of benzene rings is 1. The van der Waals surface area contributed by atoms with Crippen molar-refractivity contribution in [1.82, 2.24) is 4.90 Å². The zero-order valence-corrected chi connectivity index (χ0v) is 10.5. The van der Waals surface area contributed by atoms with Gasteiger partial charge in [-0.1, -0.05) is 37.3 Å². The minimum Gasteiger partial charge on any atom is -0.369 e. The van der Waals surface area contributed by atoms with Crippen molar-refractivity contribution in [2.45, 2.75) is 25.9 Å². The second kappa shape index (κ2) is 6.37. The Morgan fingerprint density at radius 2 is 1.94 bits per heavy atom. The van der Waals surface area contributed by atoms with Crippen LogP contribution >= 0.6 is 0 Å². The van der Waals surface area contributed by atoms with Crippen molar-refractivity contribution < 1.29 is 4.79 Å². The zero-order chi connectivity index (χ0) is 12.8. The molecule has 1 aromatic rings. The van der Waals surface area contributed by atoms with Crippen LogP contribution in [0.2, 0.25) is 0 Å². The number of amides is 1. The predicted molar refractivity (Wildman–Crippen MR) is 69.3 cm³/mol. The number of carbonyl (C=O) groups excluding carboxylic acids is 1. The molecule has 4 nitrogen and oxygen atoms in total. The van der Waals surface area contributed by atoms with Crippen LogP contribution in [-0.2, 0) is 4.79 Å². The second-order valence-corrected chi connectivity index (χ2v) is 4.24. The quantitative estimate of drug-likeness (QED) is 0.769. The first-order valence-corrected chi connectivity index (χ1v) is 5.89. The van der Waals surface area contributed by atoms with Gasteiger partial charge in [0.2, 0.25) is 5.91 Å². The highest BCUT2D eigenvalue weighted by Crippen LogP contribution is 2.22. The van der Waals surface area contributed by atoms with Crippen molar-refractivity contribution in [1.29, 1.82) is 0 Å². The topological polar surface area (TPSA) is 72.3 Å². The lowest BCUT2D eigenvalue weighted by Gasteiger charge is -2.32. The van der Waals surface area contributed by atoms with Gasteiger partial charge in [-0.3, -0.25) is 9.69 Å². The fraction of sp³-hybridized carbons (Fsp3) is 0.462. The smallest absolute Gasteiger partial charge is 0.231 e. The molecule has 1 amide bonds. The molecule has 0 fully saturated rings. The lowest BCUT2D eigenvalue weighted by molar-refractivity contribution is -0.119. The lowest BCUT2D eigenvalue weighted by Crippen LogP contribution is -2.43. The predicted octanol–water partition coefficient (Wildman–Crippen LogP) is 0.882. The molecular formula is C13H21N3O. The summed E-state index contributed by atoms with van der Waals surface area (Å²) in [5.41, 5.74) is 12.4. The number of hydrogen-bond acceptors (Lipinski definition) is 3. The molecule has 0 aliphatic rings. The molecule has 0 aromatic heterocycles. The van der Waals surface area contributed by atoms with E-state index in [0.29, 0.717) is 0 Å². The van der Waals surface area contributed by atoms with Gasteiger partial charge in [0.05, 0.1) is 12.6 Å². The Balaban J connectivity index is 2.95. The number of rotatable bonds is 6. The van der Waals surface area contributed by atoms with Crippen LogP contribution in [0, 0.1) is 0 Å². The van der Waals surface area contributed by atoms with E-state index in [9.17, 15) is 4.79 Å². The highest BCUT2D eigenvalue weighted by Gasteiger charge is 2.23. The van der Waals surface area contributed by atoms with Crippen molar-refractivity contribution in [3.8, 4) is 0 Å². The van der Waals surface area contributed by atoms with E-state index >= 15 is 0 Å². The van der Waals surface area contributed by atoms with Crippen molar-refractivity contribution in [2.75, 3.05) is 13.1 Å². The SMILES string of the molecule is CCN(CC(N)=O)C(c1ccccc1)C(C)N. The first kappa shape index (κ1) is 13.7. The summed E-state index contributed by atoms with van der Waals surface area (Å²) in [6.45, 7) is 4.92. The maximum absolute atomic E-state index is 11.1. The van der Waals surface area contributed by atoms with Crippen LogP contribution < -0.4 is 11.5 Å². The number of likely N-dealkylation sites (N-methyl/N-ethyl adjacent to an activating group) is 1. The second-order valence-electron chi connectivity index (χ2n) is 4.24. The van der Waals surface area contributed by atoms with E-state index in [1.54, 1.807) is 0 Å². The minimum absolute atomic E-state index is 0.0219. The highest BCUT2D eigenvalue weighted by molar-refractivity contribution is 5.76. The van der Waals surface area contributed by atoms with Crippen molar-refractivity contribution >= 4 is 5.91 Å². The number of nitrogens with zero attached hydrogens (tertiary/aromatic N) is 1. The molecule has 0 aliphatic carbocycles. The van der Waals surface area contributed by atoms with E-state index in [1.165, 1.54) is 0 Å². The van der Waals surface area contributed by atoms with Crippen molar-refractivity contribution in [2.24, 2.45) is 11.5 Å². The molecule has 17 heavy (non-hydrogen) atoms. The Morgan fingerprint density at radius 3 is 2.35 bits per heavy atom. The average molecular weight is 235 g/mol. The fourth-order valence-corrected chi connectivity index (χ4v) is 2.10. The van der Waals surface area contributed by atoms with Gasteiger partial charge in [0.15, 0.2) is 0 Å². The summed E-state index contributed by atoms with van der Waals surface area (Å²) in [4.78, 5) is 13.1. The number of nitrogens with two attached hydrogens (primary N) is 2. The number of hydrogen-bond donors (Lipinski definition) is 2. The molecule has 0 bridgehead atoms. The summed E-state index contributed by atoms with van der Waals surface area (Å²) in [5.74, 6) is -0.326. The van der Waals surface area contributed by atoms with Gasteiger partial charge in [0.25, 0.3) is 0 Å². The Kier molecular flexibility index (Phi) is 5.12. The maximum Gasteiger partial charge on any atom is 0.231 e. The summed E-state index contributed by atoms with van der Waals surface area (Å²) < 4.78 is 0. The summed E-state index contributed by atoms with van der Waals surface area (Å²) in [6, 6.07) is 9.93. The molecule has 0 heterocycles. The Hall–Kier alpha value is -1.39. The largest absolute Gasteiger partial charge is 0.369 e. The van der Waals surface area contributed by atoms with Gasteiger partial charge in [-0.05, 0) is 19.0 Å². The van der Waals surface area contributed by atoms with Crippen LogP contribution in [0.25, 0.3) is 0 Å². The van der Waals surface area contributed by atoms with E-state index in [4.69, 9.17) is 11.5 Å². The van der Waals surface area contributed by atoms with Crippen molar-refractivity contribution in [3.05, 3.63) is 35.9 Å². The van der Waals surface area contributed by atoms with Gasteiger partial charge in [-0.15, -0.1) is 0 Å². The molecule has 1 rings (SSSR count). The number of carbonyl (C=O) groups is 1. The van der Waals surface area contributed by atoms with Gasteiger partial charge in [-0.25, -0.2) is 0 Å². The molecule has 0 spiro atoms. The van der Waals surface area contributed by atoms with E-state index in [0.717, 1.165) is 12.1 Å². The molecule has 2 atom stereocenters. The van der Waals surface area contributed by atoms with Crippen LogP contribution in [0.1, 0.15) is 25.5 Å². The Morgan fingerprint density at radius 1 is 1.35 bits per heavy atom. The van der Waals surface area contributed by atoms with E-state index in [2.05, 4.69) is 0 Å². The monoisotopic (exact) mass is 235 g/mol. The standard InChI is InChI=1S/C13H21N3O/c1-3-16(9-12(15)17)13(10(2)14)11-7-5-4-6-8-11/h4-8,10,13H,3,9,14H2,1-2H3,(H2,15,17). The average Bonchev–Trinajstić information content (AvgIpc) is 2.28. The Labute approximate surface area is 103 Å². The molecule has 0 saturated heterocycles. The summed E-state index contributed by atoms with van der Waals surface area (Å²) in [7, 11) is 0. The first-order chi connectivity index (χ1) is 8.06. The fourth-order valence-electron chi connectivity index (χ4n) is 2.10. The van der Waals surface area contributed by atoms with Crippen LogP contribution in [-0.4, -0.2) is 29.9 Å². The third-order valence-corrected chi connectivity index (χ3v) is 2.80.